The van der Waals surface area contributed by atoms with Gasteiger partial charge in [0.05, 0.1) is 24.6 Å². The van der Waals surface area contributed by atoms with E-state index in [1.807, 2.05) is 46.7 Å². The maximum Gasteiger partial charge on any atom is 0.227 e. The minimum Gasteiger partial charge on any atom is -0.497 e. The number of hydrogen-bond acceptors (Lipinski definition) is 6. The van der Waals surface area contributed by atoms with Crippen LogP contribution in [0, 0.1) is 11.3 Å². The van der Waals surface area contributed by atoms with E-state index in [0.29, 0.717) is 44.0 Å². The lowest BCUT2D eigenvalue weighted by molar-refractivity contribution is -0.130. The van der Waals surface area contributed by atoms with Crippen molar-refractivity contribution in [3.63, 3.8) is 0 Å². The van der Waals surface area contributed by atoms with Crippen LogP contribution in [0.3, 0.4) is 0 Å². The molecule has 2 aromatic heterocycles. The molecular formula is C21H20N4O2S. The summed E-state index contributed by atoms with van der Waals surface area (Å²) in [5.74, 6) is 1.58. The minimum atomic E-state index is 0.154. The summed E-state index contributed by atoms with van der Waals surface area (Å²) >= 11 is 1.61. The van der Waals surface area contributed by atoms with Gasteiger partial charge >= 0.3 is 0 Å². The smallest absolute Gasteiger partial charge is 0.227 e. The Hall–Kier alpha value is -3.11. The Balaban J connectivity index is 1.50. The van der Waals surface area contributed by atoms with Crippen LogP contribution >= 0.6 is 11.3 Å². The number of carbonyl (C=O) groups is 1. The summed E-state index contributed by atoms with van der Waals surface area (Å²) in [4.78, 5) is 22.3. The number of pyridine rings is 1. The summed E-state index contributed by atoms with van der Waals surface area (Å²) < 4.78 is 5.26. The maximum absolute atomic E-state index is 12.5. The van der Waals surface area contributed by atoms with Gasteiger partial charge in [-0.15, -0.1) is 11.3 Å². The first-order chi connectivity index (χ1) is 13.7. The molecule has 0 bridgehead atoms. The Labute approximate surface area is 167 Å². The molecule has 1 saturated heterocycles. The second-order valence-electron chi connectivity index (χ2n) is 6.65. The molecule has 4 rings (SSSR count). The Bertz CT molecular complexity index is 1030. The molecule has 0 radical (unpaired) electrons. The number of hydrogen-bond donors (Lipinski definition) is 0. The molecule has 142 valence electrons. The highest BCUT2D eigenvalue weighted by Crippen LogP contribution is 2.27. The topological polar surface area (TPSA) is 69.5 Å². The zero-order chi connectivity index (χ0) is 19.5. The highest BCUT2D eigenvalue weighted by atomic mass is 32.1. The van der Waals surface area contributed by atoms with Gasteiger partial charge in [-0.3, -0.25) is 4.79 Å². The number of rotatable bonds is 4. The molecule has 3 heterocycles. The van der Waals surface area contributed by atoms with Crippen LogP contribution in [-0.2, 0) is 11.2 Å². The van der Waals surface area contributed by atoms with Gasteiger partial charge in [0.2, 0.25) is 5.91 Å². The zero-order valence-corrected chi connectivity index (χ0v) is 16.4. The fraction of sp³-hybridized carbons (Fsp3) is 0.286. The minimum absolute atomic E-state index is 0.154. The van der Waals surface area contributed by atoms with Gasteiger partial charge in [0.25, 0.3) is 0 Å². The van der Waals surface area contributed by atoms with Crippen LogP contribution in [0.1, 0.15) is 10.4 Å². The Morgan fingerprint density at radius 3 is 2.75 bits per heavy atom. The molecular weight excluding hydrogens is 372 g/mol. The largest absolute Gasteiger partial charge is 0.497 e. The molecule has 0 N–H and O–H groups in total. The fourth-order valence-electron chi connectivity index (χ4n) is 3.44. The van der Waals surface area contributed by atoms with Gasteiger partial charge in [-0.05, 0) is 35.7 Å². The maximum atomic E-state index is 12.5. The number of amides is 1. The lowest BCUT2D eigenvalue weighted by Gasteiger charge is -2.35. The number of carbonyl (C=O) groups excluding carboxylic acids is 1. The molecule has 1 aromatic carbocycles. The number of nitriles is 1. The normalized spacial score (nSPS) is 14.1. The molecule has 0 spiro atoms. The van der Waals surface area contributed by atoms with Crippen LogP contribution in [0.4, 0.5) is 5.82 Å². The summed E-state index contributed by atoms with van der Waals surface area (Å²) in [7, 11) is 1.62. The first kappa shape index (κ1) is 18.3. The quantitative estimate of drug-likeness (QED) is 0.683. The van der Waals surface area contributed by atoms with Crippen LogP contribution < -0.4 is 9.64 Å². The highest BCUT2D eigenvalue weighted by molar-refractivity contribution is 7.10. The summed E-state index contributed by atoms with van der Waals surface area (Å²) in [6.45, 7) is 2.61. The molecule has 0 aliphatic carbocycles. The predicted octanol–water partition coefficient (Wildman–Crippen LogP) is 3.07. The van der Waals surface area contributed by atoms with Crippen LogP contribution in [0.15, 0.2) is 41.8 Å². The first-order valence-electron chi connectivity index (χ1n) is 9.12. The van der Waals surface area contributed by atoms with E-state index < -0.39 is 0 Å². The van der Waals surface area contributed by atoms with E-state index in [0.717, 1.165) is 21.5 Å². The molecule has 3 aromatic rings. The lowest BCUT2D eigenvalue weighted by atomic mass is 10.1. The second kappa shape index (κ2) is 7.87. The SMILES string of the molecule is COc1ccc2nc(N3CCN(C(=O)Cc4cccs4)CC3)c(C#N)cc2c1. The number of aromatic nitrogens is 1. The number of fused-ring (bicyclic) bond motifs is 1. The van der Waals surface area contributed by atoms with Crippen molar-refractivity contribution in [3.05, 3.63) is 52.2 Å². The number of benzene rings is 1. The van der Waals surface area contributed by atoms with Crippen LogP contribution in [-0.4, -0.2) is 49.1 Å². The summed E-state index contributed by atoms with van der Waals surface area (Å²) in [6.07, 6.45) is 0.456. The van der Waals surface area contributed by atoms with Crippen molar-refractivity contribution < 1.29 is 9.53 Å². The molecule has 1 amide bonds. The number of piperazine rings is 1. The Morgan fingerprint density at radius 1 is 1.25 bits per heavy atom. The molecule has 1 aliphatic heterocycles. The van der Waals surface area contributed by atoms with Crippen LogP contribution in [0.2, 0.25) is 0 Å². The molecule has 7 heteroatoms. The first-order valence-corrected chi connectivity index (χ1v) is 10.00. The third-order valence-electron chi connectivity index (χ3n) is 4.96. The number of methoxy groups -OCH3 is 1. The number of nitrogens with zero attached hydrogens (tertiary/aromatic N) is 4. The Morgan fingerprint density at radius 2 is 2.07 bits per heavy atom. The van der Waals surface area contributed by atoms with Gasteiger partial charge in [-0.25, -0.2) is 4.98 Å². The summed E-state index contributed by atoms with van der Waals surface area (Å²) in [5, 5.41) is 12.5. The van der Waals surface area contributed by atoms with Gasteiger partial charge in [-0.1, -0.05) is 6.07 Å². The molecule has 0 saturated carbocycles. The van der Waals surface area contributed by atoms with E-state index in [2.05, 4.69) is 11.0 Å². The van der Waals surface area contributed by atoms with Crippen molar-refractivity contribution in [2.24, 2.45) is 0 Å². The van der Waals surface area contributed by atoms with Gasteiger partial charge in [0.1, 0.15) is 17.6 Å². The van der Waals surface area contributed by atoms with Gasteiger partial charge in [0, 0.05) is 36.4 Å². The number of thiophene rings is 1. The molecule has 28 heavy (non-hydrogen) atoms. The number of anilines is 1. The number of ether oxygens (including phenoxy) is 1. The predicted molar refractivity (Wildman–Crippen MR) is 110 cm³/mol. The zero-order valence-electron chi connectivity index (χ0n) is 15.6. The third kappa shape index (κ3) is 3.64. The van der Waals surface area contributed by atoms with Gasteiger partial charge in [0.15, 0.2) is 0 Å². The second-order valence-corrected chi connectivity index (χ2v) is 7.69. The van der Waals surface area contributed by atoms with Gasteiger partial charge < -0.3 is 14.5 Å². The van der Waals surface area contributed by atoms with Gasteiger partial charge in [-0.2, -0.15) is 5.26 Å². The lowest BCUT2D eigenvalue weighted by Crippen LogP contribution is -2.49. The summed E-state index contributed by atoms with van der Waals surface area (Å²) in [6, 6.07) is 13.7. The van der Waals surface area contributed by atoms with Crippen LogP contribution in [0.25, 0.3) is 10.9 Å². The van der Waals surface area contributed by atoms with E-state index in [4.69, 9.17) is 9.72 Å². The van der Waals surface area contributed by atoms with E-state index >= 15 is 0 Å². The van der Waals surface area contributed by atoms with Crippen LogP contribution in [0.5, 0.6) is 5.75 Å². The van der Waals surface area contributed by atoms with E-state index in [1.54, 1.807) is 18.4 Å². The molecule has 1 aliphatic rings. The standard InChI is InChI=1S/C21H20N4O2S/c1-27-17-4-5-19-15(12-17)11-16(14-22)21(23-19)25-8-6-24(7-9-25)20(26)13-18-3-2-10-28-18/h2-5,10-12H,6-9,13H2,1H3. The Kier molecular flexibility index (Phi) is 5.13. The van der Waals surface area contributed by atoms with E-state index in [1.165, 1.54) is 0 Å². The van der Waals surface area contributed by atoms with Crippen molar-refractivity contribution in [3.8, 4) is 11.8 Å². The van der Waals surface area contributed by atoms with Crippen molar-refractivity contribution in [1.82, 2.24) is 9.88 Å². The molecule has 6 nitrogen and oxygen atoms in total. The van der Waals surface area contributed by atoms with Crippen molar-refractivity contribution in [1.29, 1.82) is 5.26 Å². The monoisotopic (exact) mass is 392 g/mol. The van der Waals surface area contributed by atoms with Crippen molar-refractivity contribution in [2.45, 2.75) is 6.42 Å². The summed E-state index contributed by atoms with van der Waals surface area (Å²) in [5.41, 5.74) is 1.37. The molecule has 0 atom stereocenters. The molecule has 0 unspecified atom stereocenters. The van der Waals surface area contributed by atoms with Crippen molar-refractivity contribution >= 4 is 34.0 Å². The van der Waals surface area contributed by atoms with E-state index in [-0.39, 0.29) is 5.91 Å². The average Bonchev–Trinajstić information content (AvgIpc) is 3.25. The highest BCUT2D eigenvalue weighted by Gasteiger charge is 2.24. The molecule has 1 fully saturated rings. The average molecular weight is 392 g/mol. The third-order valence-corrected chi connectivity index (χ3v) is 5.84. The van der Waals surface area contributed by atoms with E-state index in [9.17, 15) is 10.1 Å². The fourth-order valence-corrected chi connectivity index (χ4v) is 4.13. The van der Waals surface area contributed by atoms with Crippen molar-refractivity contribution in [2.75, 3.05) is 38.2 Å².